The van der Waals surface area contributed by atoms with Gasteiger partial charge in [0, 0.05) is 20.9 Å². The van der Waals surface area contributed by atoms with Crippen LogP contribution in [0.5, 0.6) is 0 Å². The van der Waals surface area contributed by atoms with Crippen LogP contribution in [0.1, 0.15) is 65.4 Å². The maximum absolute atomic E-state index is 12.0. The molecule has 0 radical (unpaired) electrons. The molecule has 50 heavy (non-hydrogen) atoms. The van der Waals surface area contributed by atoms with Gasteiger partial charge in [0.25, 0.3) is 11.8 Å². The zero-order chi connectivity index (χ0) is 36.8. The summed E-state index contributed by atoms with van der Waals surface area (Å²) < 4.78 is 4.84. The molecule has 0 saturated heterocycles. The van der Waals surface area contributed by atoms with Crippen LogP contribution in [0.4, 0.5) is 4.79 Å². The number of hydrogen-bond donors (Lipinski definition) is 4. The first kappa shape index (κ1) is 44.6. The number of rotatable bonds is 8. The summed E-state index contributed by atoms with van der Waals surface area (Å²) in [6.07, 6.45) is 5.89. The molecule has 0 aliphatic heterocycles. The molecule has 4 rings (SSSR count). The van der Waals surface area contributed by atoms with Gasteiger partial charge in [0.1, 0.15) is 17.0 Å². The van der Waals surface area contributed by atoms with E-state index in [2.05, 4.69) is 34.2 Å². The number of carbonyl (C=O) groups is 3. The quantitative estimate of drug-likeness (QED) is 0.112. The standard InChI is InChI=1S/2C15H14N2O2.C6H13NO2.CH5N.ClH.H2/c2*1-2-12-8-9-16-14(10-12)15(18)17(19)11-13-6-4-3-5-7-13;1-6(2,3)9-5(8)7-4;1-2;;/h2*2-10,19H,1,11H2;1-4H3,(H,7,8);2H2,1H3;2*1H. The van der Waals surface area contributed by atoms with Crippen LogP contribution in [0, 0.1) is 0 Å². The van der Waals surface area contributed by atoms with Crippen molar-refractivity contribution in [2.24, 2.45) is 5.73 Å². The summed E-state index contributed by atoms with van der Waals surface area (Å²) in [4.78, 5) is 42.4. The second kappa shape index (κ2) is 23.8. The molecule has 0 aliphatic rings. The van der Waals surface area contributed by atoms with E-state index < -0.39 is 11.8 Å². The highest BCUT2D eigenvalue weighted by Gasteiger charge is 2.17. The molecule has 2 aromatic carbocycles. The van der Waals surface area contributed by atoms with Crippen molar-refractivity contribution in [3.63, 3.8) is 0 Å². The predicted molar refractivity (Wildman–Crippen MR) is 200 cm³/mol. The fourth-order valence-electron chi connectivity index (χ4n) is 3.63. The lowest BCUT2D eigenvalue weighted by Crippen LogP contribution is -2.30. The minimum absolute atomic E-state index is 0. The van der Waals surface area contributed by atoms with Gasteiger partial charge in [-0.2, -0.15) is 0 Å². The van der Waals surface area contributed by atoms with Gasteiger partial charge in [-0.1, -0.05) is 86.0 Å². The van der Waals surface area contributed by atoms with E-state index in [1.807, 2.05) is 81.4 Å². The molecule has 0 saturated carbocycles. The number of hydroxylamine groups is 4. The number of pyridine rings is 2. The third-order valence-corrected chi connectivity index (χ3v) is 5.90. The Bertz CT molecular complexity index is 1520. The summed E-state index contributed by atoms with van der Waals surface area (Å²) in [5, 5.41) is 23.3. The normalized spacial score (nSPS) is 9.60. The Morgan fingerprint density at radius 1 is 0.780 bits per heavy atom. The molecule has 270 valence electrons. The molecule has 0 unspecified atom stereocenters. The van der Waals surface area contributed by atoms with Crippen molar-refractivity contribution >= 4 is 42.5 Å². The van der Waals surface area contributed by atoms with Crippen molar-refractivity contribution in [3.8, 4) is 0 Å². The summed E-state index contributed by atoms with van der Waals surface area (Å²) in [5.41, 5.74) is 7.75. The minimum Gasteiger partial charge on any atom is -0.444 e. The maximum Gasteiger partial charge on any atom is 0.407 e. The second-order valence-corrected chi connectivity index (χ2v) is 10.8. The van der Waals surface area contributed by atoms with Crippen LogP contribution in [0.3, 0.4) is 0 Å². The van der Waals surface area contributed by atoms with Gasteiger partial charge in [0.15, 0.2) is 0 Å². The SMILES string of the molecule is C=Cc1ccnc(C(=O)N(O)Cc2ccccc2)c1.C=Cc1ccnc(C(=O)N(O)Cc2ccccc2)c1.CN.CNC(=O)OC(C)(C)C.Cl.[HH]. The molecule has 2 heterocycles. The van der Waals surface area contributed by atoms with Crippen LogP contribution in [0.2, 0.25) is 0 Å². The number of alkyl carbamates (subject to hydrolysis) is 1. The van der Waals surface area contributed by atoms with Crippen molar-refractivity contribution in [2.75, 3.05) is 14.1 Å². The monoisotopic (exact) mass is 708 g/mol. The number of benzene rings is 2. The molecule has 0 bridgehead atoms. The van der Waals surface area contributed by atoms with Crippen LogP contribution in [0.25, 0.3) is 12.2 Å². The Balaban J connectivity index is 0. The average Bonchev–Trinajstić information content (AvgIpc) is 3.12. The van der Waals surface area contributed by atoms with Crippen LogP contribution in [-0.4, -0.2) is 68.1 Å². The number of hydrogen-bond acceptors (Lipinski definition) is 9. The first-order valence-corrected chi connectivity index (χ1v) is 15.1. The van der Waals surface area contributed by atoms with E-state index in [0.717, 1.165) is 22.3 Å². The number of aromatic nitrogens is 2. The summed E-state index contributed by atoms with van der Waals surface area (Å²) in [6, 6.07) is 25.2. The Hall–Kier alpha value is -5.40. The molecule has 12 nitrogen and oxygen atoms in total. The first-order valence-electron chi connectivity index (χ1n) is 15.1. The molecule has 0 aliphatic carbocycles. The molecule has 5 N–H and O–H groups in total. The van der Waals surface area contributed by atoms with Crippen molar-refractivity contribution < 1.29 is 31.0 Å². The minimum atomic E-state index is -0.535. The van der Waals surface area contributed by atoms with E-state index in [4.69, 9.17) is 4.74 Å². The molecule has 13 heteroatoms. The third kappa shape index (κ3) is 17.1. The molecule has 0 fully saturated rings. The van der Waals surface area contributed by atoms with Crippen LogP contribution >= 0.6 is 12.4 Å². The van der Waals surface area contributed by atoms with Crippen molar-refractivity contribution in [2.45, 2.75) is 39.5 Å². The van der Waals surface area contributed by atoms with Gasteiger partial charge in [0.2, 0.25) is 0 Å². The van der Waals surface area contributed by atoms with E-state index in [1.54, 1.807) is 36.4 Å². The van der Waals surface area contributed by atoms with E-state index in [0.29, 0.717) is 10.1 Å². The highest BCUT2D eigenvalue weighted by Crippen LogP contribution is 2.10. The van der Waals surface area contributed by atoms with E-state index in [1.165, 1.54) is 26.5 Å². The molecule has 0 spiro atoms. The fourth-order valence-corrected chi connectivity index (χ4v) is 3.63. The van der Waals surface area contributed by atoms with Gasteiger partial charge in [-0.3, -0.25) is 30.0 Å². The lowest BCUT2D eigenvalue weighted by atomic mass is 10.2. The van der Waals surface area contributed by atoms with E-state index in [9.17, 15) is 24.8 Å². The van der Waals surface area contributed by atoms with Gasteiger partial charge in [-0.25, -0.2) is 14.9 Å². The zero-order valence-corrected chi connectivity index (χ0v) is 29.8. The average molecular weight is 709 g/mol. The van der Waals surface area contributed by atoms with E-state index in [-0.39, 0.29) is 50.0 Å². The highest BCUT2D eigenvalue weighted by molar-refractivity contribution is 5.92. The predicted octanol–water partition coefficient (Wildman–Crippen LogP) is 6.90. The van der Waals surface area contributed by atoms with E-state index >= 15 is 0 Å². The van der Waals surface area contributed by atoms with Gasteiger partial charge in [-0.05, 0) is 74.3 Å². The van der Waals surface area contributed by atoms with Crippen LogP contribution in [0.15, 0.2) is 110 Å². The molecular weight excluding hydrogens is 660 g/mol. The fraction of sp³-hybridized carbons (Fsp3) is 0.216. The number of halogens is 1. The number of nitrogens with two attached hydrogens (primary N) is 1. The molecule has 2 aromatic heterocycles. The second-order valence-electron chi connectivity index (χ2n) is 10.8. The molecule has 3 amide bonds. The van der Waals surface area contributed by atoms with Gasteiger partial charge in [-0.15, -0.1) is 12.4 Å². The molecular formula is C37H49ClN6O6. The topological polar surface area (TPSA) is 171 Å². The van der Waals surface area contributed by atoms with Crippen molar-refractivity contribution in [3.05, 3.63) is 144 Å². The Morgan fingerprint density at radius 3 is 1.42 bits per heavy atom. The van der Waals surface area contributed by atoms with Gasteiger partial charge < -0.3 is 15.8 Å². The van der Waals surface area contributed by atoms with Gasteiger partial charge in [0.05, 0.1) is 13.1 Å². The van der Waals surface area contributed by atoms with Crippen molar-refractivity contribution in [1.82, 2.24) is 25.4 Å². The zero-order valence-electron chi connectivity index (χ0n) is 29.0. The molecule has 4 aromatic rings. The van der Waals surface area contributed by atoms with Crippen LogP contribution < -0.4 is 11.1 Å². The maximum atomic E-state index is 12.0. The Morgan fingerprint density at radius 2 is 1.14 bits per heavy atom. The highest BCUT2D eigenvalue weighted by atomic mass is 35.5. The number of ether oxygens (including phenoxy) is 1. The Labute approximate surface area is 301 Å². The summed E-state index contributed by atoms with van der Waals surface area (Å²) in [6.45, 7) is 13.0. The van der Waals surface area contributed by atoms with Crippen molar-refractivity contribution in [1.29, 1.82) is 0 Å². The van der Waals surface area contributed by atoms with Crippen LogP contribution in [-0.2, 0) is 17.8 Å². The lowest BCUT2D eigenvalue weighted by molar-refractivity contribution is -0.0652. The number of nitrogens with zero attached hydrogens (tertiary/aromatic N) is 4. The summed E-state index contributed by atoms with van der Waals surface area (Å²) in [7, 11) is 3.04. The lowest BCUT2D eigenvalue weighted by Gasteiger charge is -2.18. The first-order chi connectivity index (χ1) is 23.4. The number of nitrogens with one attached hydrogen (secondary N) is 1. The smallest absolute Gasteiger partial charge is 0.407 e. The summed E-state index contributed by atoms with van der Waals surface area (Å²) in [5.74, 6) is -1.07. The number of amides is 3. The van der Waals surface area contributed by atoms with Gasteiger partial charge >= 0.3 is 6.09 Å². The third-order valence-electron chi connectivity index (χ3n) is 5.90. The number of carbonyl (C=O) groups excluding carboxylic acids is 3. The summed E-state index contributed by atoms with van der Waals surface area (Å²) >= 11 is 0. The Kier molecular flexibility index (Phi) is 21.3. The largest absolute Gasteiger partial charge is 0.444 e. The molecule has 0 atom stereocenters.